The van der Waals surface area contributed by atoms with Crippen LogP contribution in [-0.4, -0.2) is 9.55 Å². The molecular weight excluding hydrogens is 769 g/mol. The molecule has 0 fully saturated rings. The number of hydrogen-bond donors (Lipinski definition) is 0. The van der Waals surface area contributed by atoms with Crippen molar-refractivity contribution in [1.29, 1.82) is 0 Å². The molecule has 0 spiro atoms. The maximum Gasteiger partial charge on any atom is 0.114 e. The average molecular weight is 813 g/mol. The summed E-state index contributed by atoms with van der Waals surface area (Å²) in [5, 5.41) is 4.97. The number of benzene rings is 10. The molecule has 1 heterocycles. The van der Waals surface area contributed by atoms with E-state index < -0.39 is 10.0 Å². The highest BCUT2D eigenvalue weighted by Crippen LogP contribution is 2.73. The first-order valence-corrected chi connectivity index (χ1v) is 23.1. The molecule has 0 unspecified atom stereocenters. The number of hydrogen-bond acceptors (Lipinski definition) is 1. The van der Waals surface area contributed by atoms with Crippen LogP contribution in [0.4, 0.5) is 0 Å². The zero-order valence-corrected chi connectivity index (χ0v) is 35.3. The van der Waals surface area contributed by atoms with Gasteiger partial charge in [0, 0.05) is 31.7 Å². The minimum atomic E-state index is -1.79. The second-order valence-corrected chi connectivity index (χ2v) is 18.9. The lowest BCUT2D eigenvalue weighted by Crippen LogP contribution is -2.05. The molecule has 0 N–H and O–H groups in total. The molecule has 0 saturated heterocycles. The molecule has 11 aromatic rings. The van der Waals surface area contributed by atoms with Gasteiger partial charge in [0.25, 0.3) is 0 Å². The van der Waals surface area contributed by atoms with Crippen molar-refractivity contribution < 1.29 is 0 Å². The predicted octanol–water partition coefficient (Wildman–Crippen LogP) is 16.2. The SMILES string of the molecule is CCc1nc2cc(-c3ccccc3)ccc2n1-c1ccc(-c2c3ccccc3c(-c3ccc(S(c4ccccc4)(c4ccccc4)c4ccccc4)cc3)c3ccccc23)cc1. The third kappa shape index (κ3) is 6.24. The van der Waals surface area contributed by atoms with Crippen LogP contribution in [0, 0.1) is 0 Å². The summed E-state index contributed by atoms with van der Waals surface area (Å²) in [6.07, 6.45) is 0.835. The van der Waals surface area contributed by atoms with Gasteiger partial charge in [-0.2, -0.15) is 0 Å². The van der Waals surface area contributed by atoms with Crippen molar-refractivity contribution >= 4 is 42.6 Å². The van der Waals surface area contributed by atoms with Crippen molar-refractivity contribution in [1.82, 2.24) is 9.55 Å². The van der Waals surface area contributed by atoms with E-state index in [9.17, 15) is 0 Å². The Morgan fingerprint density at radius 1 is 0.371 bits per heavy atom. The van der Waals surface area contributed by atoms with Crippen LogP contribution in [0.25, 0.3) is 71.6 Å². The highest BCUT2D eigenvalue weighted by molar-refractivity contribution is 8.34. The van der Waals surface area contributed by atoms with E-state index in [1.807, 2.05) is 0 Å². The Kier molecular flexibility index (Phi) is 9.60. The standard InChI is InChI=1S/C59H44N2S/c1-2-57-60-55-41-45(42-19-7-3-8-20-42)35-40-56(55)61(57)46-36-31-43(32-37-46)58-51-27-15-17-29-53(51)59(54-30-18-16-28-52(54)58)44-33-38-50(39-34-44)62(47-21-9-4-10-22-47,48-23-11-5-12-24-48)49-25-13-6-14-26-49/h3-41H,2H2,1H3. The molecule has 1 aromatic heterocycles. The van der Waals surface area contributed by atoms with Crippen LogP contribution in [0.2, 0.25) is 0 Å². The smallest absolute Gasteiger partial charge is 0.114 e. The topological polar surface area (TPSA) is 17.8 Å². The third-order valence-corrected chi connectivity index (χ3v) is 16.2. The molecule has 2 nitrogen and oxygen atoms in total. The van der Waals surface area contributed by atoms with E-state index in [4.69, 9.17) is 4.98 Å². The van der Waals surface area contributed by atoms with E-state index in [-0.39, 0.29) is 0 Å². The summed E-state index contributed by atoms with van der Waals surface area (Å²) in [5.74, 6) is 1.05. The van der Waals surface area contributed by atoms with E-state index in [1.165, 1.54) is 74.5 Å². The van der Waals surface area contributed by atoms with Gasteiger partial charge in [-0.15, -0.1) is 10.0 Å². The lowest BCUT2D eigenvalue weighted by Gasteiger charge is -2.42. The second kappa shape index (κ2) is 15.9. The molecule has 10 aromatic carbocycles. The van der Waals surface area contributed by atoms with Gasteiger partial charge in [0.1, 0.15) is 5.82 Å². The normalized spacial score (nSPS) is 12.0. The number of fused-ring (bicyclic) bond motifs is 3. The lowest BCUT2D eigenvalue weighted by molar-refractivity contribution is 0.908. The maximum atomic E-state index is 5.12. The summed E-state index contributed by atoms with van der Waals surface area (Å²) in [6.45, 7) is 2.19. The van der Waals surface area contributed by atoms with Crippen molar-refractivity contribution in [3.63, 3.8) is 0 Å². The first-order chi connectivity index (χ1) is 30.7. The molecule has 0 aliphatic carbocycles. The largest absolute Gasteiger partial charge is 0.296 e. The monoisotopic (exact) mass is 812 g/mol. The van der Waals surface area contributed by atoms with Gasteiger partial charge in [0.2, 0.25) is 0 Å². The van der Waals surface area contributed by atoms with Crippen molar-refractivity contribution in [3.8, 4) is 39.1 Å². The quantitative estimate of drug-likeness (QED) is 0.133. The molecule has 0 aliphatic heterocycles. The summed E-state index contributed by atoms with van der Waals surface area (Å²) in [5.41, 5.74) is 10.5. The van der Waals surface area contributed by atoms with Crippen LogP contribution in [0.1, 0.15) is 12.7 Å². The zero-order chi connectivity index (χ0) is 41.5. The van der Waals surface area contributed by atoms with Crippen LogP contribution in [0.5, 0.6) is 0 Å². The van der Waals surface area contributed by atoms with Gasteiger partial charge in [0.05, 0.1) is 11.0 Å². The van der Waals surface area contributed by atoms with Gasteiger partial charge < -0.3 is 0 Å². The van der Waals surface area contributed by atoms with Gasteiger partial charge >= 0.3 is 0 Å². The number of rotatable bonds is 9. The molecular formula is C59H44N2S. The first kappa shape index (κ1) is 37.5. The van der Waals surface area contributed by atoms with Gasteiger partial charge in [-0.3, -0.25) is 4.57 Å². The molecule has 0 radical (unpaired) electrons. The maximum absolute atomic E-state index is 5.12. The Morgan fingerprint density at radius 3 is 1.21 bits per heavy atom. The molecule has 62 heavy (non-hydrogen) atoms. The molecule has 0 aliphatic rings. The van der Waals surface area contributed by atoms with E-state index in [1.54, 1.807) is 0 Å². The fourth-order valence-electron chi connectivity index (χ4n) is 9.51. The minimum Gasteiger partial charge on any atom is -0.296 e. The molecule has 3 heteroatoms. The lowest BCUT2D eigenvalue weighted by atomic mass is 9.86. The van der Waals surface area contributed by atoms with Gasteiger partial charge in [-0.25, -0.2) is 4.98 Å². The number of aryl methyl sites for hydroxylation is 1. The third-order valence-electron chi connectivity index (χ3n) is 12.3. The van der Waals surface area contributed by atoms with E-state index >= 15 is 0 Å². The summed E-state index contributed by atoms with van der Waals surface area (Å²) in [4.78, 5) is 10.4. The summed E-state index contributed by atoms with van der Waals surface area (Å²) < 4.78 is 2.32. The van der Waals surface area contributed by atoms with Gasteiger partial charge in [0.15, 0.2) is 0 Å². The number of imidazole rings is 1. The fraction of sp³-hybridized carbons (Fsp3) is 0.0339. The predicted molar refractivity (Wildman–Crippen MR) is 262 cm³/mol. The highest BCUT2D eigenvalue weighted by atomic mass is 32.3. The summed E-state index contributed by atoms with van der Waals surface area (Å²) >= 11 is 0. The van der Waals surface area contributed by atoms with E-state index in [0.29, 0.717) is 0 Å². The molecule has 0 atom stereocenters. The number of aromatic nitrogens is 2. The van der Waals surface area contributed by atoms with Crippen LogP contribution in [0.3, 0.4) is 0 Å². The highest BCUT2D eigenvalue weighted by Gasteiger charge is 2.33. The Balaban J connectivity index is 1.04. The second-order valence-electron chi connectivity index (χ2n) is 15.8. The molecule has 296 valence electrons. The van der Waals surface area contributed by atoms with Gasteiger partial charge in [-0.05, 0) is 128 Å². The van der Waals surface area contributed by atoms with E-state index in [0.717, 1.165) is 29.0 Å². The van der Waals surface area contributed by atoms with Crippen LogP contribution < -0.4 is 0 Å². The average Bonchev–Trinajstić information content (AvgIpc) is 3.73. The summed E-state index contributed by atoms with van der Waals surface area (Å²) in [7, 11) is -1.79. The Hall–Kier alpha value is -7.46. The molecule has 0 saturated carbocycles. The molecule has 0 bridgehead atoms. The van der Waals surface area contributed by atoms with E-state index in [2.05, 4.69) is 248 Å². The van der Waals surface area contributed by atoms with Crippen LogP contribution in [-0.2, 0) is 6.42 Å². The minimum absolute atomic E-state index is 0.835. The van der Waals surface area contributed by atoms with Crippen LogP contribution >= 0.6 is 10.0 Å². The zero-order valence-electron chi connectivity index (χ0n) is 34.5. The summed E-state index contributed by atoms with van der Waals surface area (Å²) in [6, 6.07) is 86.9. The first-order valence-electron chi connectivity index (χ1n) is 21.4. The van der Waals surface area contributed by atoms with Crippen molar-refractivity contribution in [2.75, 3.05) is 0 Å². The fourth-order valence-corrected chi connectivity index (χ4v) is 13.4. The van der Waals surface area contributed by atoms with Crippen LogP contribution in [0.15, 0.2) is 256 Å². The van der Waals surface area contributed by atoms with Crippen molar-refractivity contribution in [2.45, 2.75) is 32.9 Å². The Bertz CT molecular complexity index is 3190. The van der Waals surface area contributed by atoms with Crippen molar-refractivity contribution in [2.24, 2.45) is 0 Å². The van der Waals surface area contributed by atoms with Gasteiger partial charge in [-0.1, -0.05) is 171 Å². The molecule has 11 rings (SSSR count). The number of nitrogens with zero attached hydrogens (tertiary/aromatic N) is 2. The Labute approximate surface area is 364 Å². The molecule has 0 amide bonds. The Morgan fingerprint density at radius 2 is 0.758 bits per heavy atom. The van der Waals surface area contributed by atoms with Crippen molar-refractivity contribution in [3.05, 3.63) is 242 Å².